The number of carbonyl (C=O) groups excluding carboxylic acids is 2. The molecule has 2 heterocycles. The number of methoxy groups -OCH3 is 1. The molecule has 4 atom stereocenters. The van der Waals surface area contributed by atoms with E-state index in [9.17, 15) is 14.0 Å². The van der Waals surface area contributed by atoms with Crippen molar-refractivity contribution < 1.29 is 23.5 Å². The lowest BCUT2D eigenvalue weighted by molar-refractivity contribution is -0.137. The van der Waals surface area contributed by atoms with Gasteiger partial charge in [0.1, 0.15) is 17.5 Å². The molecule has 32 heavy (non-hydrogen) atoms. The van der Waals surface area contributed by atoms with Gasteiger partial charge < -0.3 is 24.7 Å². The summed E-state index contributed by atoms with van der Waals surface area (Å²) in [6.45, 7) is 9.80. The lowest BCUT2D eigenvalue weighted by atomic mass is 9.95. The minimum absolute atomic E-state index is 0.0430. The van der Waals surface area contributed by atoms with Gasteiger partial charge in [0.15, 0.2) is 0 Å². The average molecular weight is 448 g/mol. The van der Waals surface area contributed by atoms with Crippen LogP contribution in [0.4, 0.5) is 9.18 Å². The zero-order valence-corrected chi connectivity index (χ0v) is 19.7. The fraction of sp³-hybridized carbons (Fsp3) is 0.583. The van der Waals surface area contributed by atoms with Crippen molar-refractivity contribution in [2.75, 3.05) is 13.7 Å². The van der Waals surface area contributed by atoms with Crippen LogP contribution >= 0.6 is 0 Å². The Kier molecular flexibility index (Phi) is 7.12. The quantitative estimate of drug-likeness (QED) is 0.701. The number of amides is 2. The second kappa shape index (κ2) is 9.48. The fourth-order valence-corrected chi connectivity index (χ4v) is 4.27. The molecule has 3 unspecified atom stereocenters. The summed E-state index contributed by atoms with van der Waals surface area (Å²) in [4.78, 5) is 30.9. The fourth-order valence-electron chi connectivity index (χ4n) is 4.27. The van der Waals surface area contributed by atoms with Gasteiger partial charge in [-0.05, 0) is 70.2 Å². The summed E-state index contributed by atoms with van der Waals surface area (Å²) >= 11 is 0. The summed E-state index contributed by atoms with van der Waals surface area (Å²) in [5, 5.41) is 3.66. The number of nitrogens with zero attached hydrogens (tertiary/aromatic N) is 1. The Balaban J connectivity index is 1.80. The molecule has 3 rings (SSSR count). The Morgan fingerprint density at radius 1 is 1.34 bits per heavy atom. The van der Waals surface area contributed by atoms with Crippen LogP contribution in [0.15, 0.2) is 24.4 Å². The first-order chi connectivity index (χ1) is 15.0. The van der Waals surface area contributed by atoms with Crippen LogP contribution in [-0.4, -0.2) is 59.3 Å². The predicted molar refractivity (Wildman–Crippen MR) is 121 cm³/mol. The second-order valence-electron chi connectivity index (χ2n) is 9.64. The van der Waals surface area contributed by atoms with Gasteiger partial charge in [-0.15, -0.1) is 0 Å². The van der Waals surface area contributed by atoms with Crippen LogP contribution in [0.5, 0.6) is 0 Å². The largest absolute Gasteiger partial charge is 0.444 e. The molecule has 8 heteroatoms. The molecular formula is C24H34FN3O4. The molecular weight excluding hydrogens is 413 g/mol. The van der Waals surface area contributed by atoms with E-state index in [0.29, 0.717) is 13.0 Å². The zero-order chi connectivity index (χ0) is 23.6. The Hall–Kier alpha value is -2.61. The maximum atomic E-state index is 13.6. The van der Waals surface area contributed by atoms with Crippen molar-refractivity contribution in [2.24, 2.45) is 5.92 Å². The van der Waals surface area contributed by atoms with E-state index < -0.39 is 23.8 Å². The van der Waals surface area contributed by atoms with Gasteiger partial charge in [0.25, 0.3) is 0 Å². The van der Waals surface area contributed by atoms with Gasteiger partial charge in [-0.2, -0.15) is 0 Å². The molecule has 1 aliphatic heterocycles. The van der Waals surface area contributed by atoms with E-state index in [-0.39, 0.29) is 23.7 Å². The van der Waals surface area contributed by atoms with Gasteiger partial charge in [0, 0.05) is 36.8 Å². The Morgan fingerprint density at radius 2 is 2.06 bits per heavy atom. The number of hydrogen-bond acceptors (Lipinski definition) is 4. The molecule has 0 saturated carbocycles. The highest BCUT2D eigenvalue weighted by Gasteiger charge is 2.40. The number of hydrogen-bond donors (Lipinski definition) is 2. The van der Waals surface area contributed by atoms with Crippen LogP contribution in [0.25, 0.3) is 10.9 Å². The number of H-pyrrole nitrogens is 1. The van der Waals surface area contributed by atoms with Gasteiger partial charge in [-0.25, -0.2) is 9.18 Å². The van der Waals surface area contributed by atoms with Crippen molar-refractivity contribution in [2.45, 2.75) is 71.2 Å². The highest BCUT2D eigenvalue weighted by atomic mass is 19.1. The Bertz CT molecular complexity index is 968. The molecule has 2 amide bonds. The third kappa shape index (κ3) is 5.41. The van der Waals surface area contributed by atoms with Crippen molar-refractivity contribution in [3.05, 3.63) is 35.8 Å². The number of alkyl carbamates (subject to hydrolysis) is 1. The van der Waals surface area contributed by atoms with Gasteiger partial charge in [-0.1, -0.05) is 6.92 Å². The third-order valence-electron chi connectivity index (χ3n) is 6.10. The zero-order valence-electron chi connectivity index (χ0n) is 19.7. The number of rotatable bonds is 6. The van der Waals surface area contributed by atoms with E-state index in [1.165, 1.54) is 19.2 Å². The molecule has 1 aromatic carbocycles. The first kappa shape index (κ1) is 24.0. The predicted octanol–water partition coefficient (Wildman–Crippen LogP) is 4.01. The first-order valence-electron chi connectivity index (χ1n) is 11.1. The molecule has 0 radical (unpaired) electrons. The SMILES string of the molecule is COC(C)C(NC(=O)OC(C)(C)C)C(=O)N1CC[C@H](C)C1Cc1c[nH]c2cc(F)ccc12. The van der Waals surface area contributed by atoms with Crippen LogP contribution in [0, 0.1) is 11.7 Å². The lowest BCUT2D eigenvalue weighted by Crippen LogP contribution is -2.56. The van der Waals surface area contributed by atoms with E-state index in [1.54, 1.807) is 33.8 Å². The number of benzene rings is 1. The molecule has 176 valence electrons. The first-order valence-corrected chi connectivity index (χ1v) is 11.1. The van der Waals surface area contributed by atoms with Crippen LogP contribution in [0.2, 0.25) is 0 Å². The number of aromatic nitrogens is 1. The number of ether oxygens (including phenoxy) is 2. The summed E-state index contributed by atoms with van der Waals surface area (Å²) in [5.74, 6) is -0.198. The second-order valence-corrected chi connectivity index (χ2v) is 9.64. The maximum absolute atomic E-state index is 13.6. The summed E-state index contributed by atoms with van der Waals surface area (Å²) in [6.07, 6.45) is 2.21. The number of aromatic amines is 1. The van der Waals surface area contributed by atoms with Crippen molar-refractivity contribution in [3.8, 4) is 0 Å². The molecule has 0 bridgehead atoms. The molecule has 1 aliphatic rings. The van der Waals surface area contributed by atoms with Crippen LogP contribution < -0.4 is 5.32 Å². The van der Waals surface area contributed by atoms with Crippen molar-refractivity contribution in [3.63, 3.8) is 0 Å². The molecule has 0 aliphatic carbocycles. The van der Waals surface area contributed by atoms with Gasteiger partial charge in [-0.3, -0.25) is 4.79 Å². The highest BCUT2D eigenvalue weighted by molar-refractivity contribution is 5.87. The van der Waals surface area contributed by atoms with E-state index in [2.05, 4.69) is 17.2 Å². The van der Waals surface area contributed by atoms with Gasteiger partial charge in [0.2, 0.25) is 5.91 Å². The molecule has 1 aromatic heterocycles. The van der Waals surface area contributed by atoms with Crippen LogP contribution in [0.1, 0.15) is 46.6 Å². The lowest BCUT2D eigenvalue weighted by Gasteiger charge is -2.33. The Labute approximate surface area is 188 Å². The topological polar surface area (TPSA) is 83.7 Å². The van der Waals surface area contributed by atoms with E-state index >= 15 is 0 Å². The molecule has 0 spiro atoms. The number of fused-ring (bicyclic) bond motifs is 1. The van der Waals surface area contributed by atoms with E-state index in [0.717, 1.165) is 22.9 Å². The normalized spacial score (nSPS) is 20.9. The standard InChI is InChI=1S/C24H34FN3O4/c1-14-9-10-28(20(14)11-16-13-26-19-12-17(25)7-8-18(16)19)22(29)21(15(2)31-6)27-23(30)32-24(3,4)5/h7-8,12-15,20-21,26H,9-11H2,1-6H3,(H,27,30)/t14-,15?,20?,21?/m0/s1. The summed E-state index contributed by atoms with van der Waals surface area (Å²) < 4.78 is 24.3. The van der Waals surface area contributed by atoms with Gasteiger partial charge >= 0.3 is 6.09 Å². The summed E-state index contributed by atoms with van der Waals surface area (Å²) in [5.41, 5.74) is 1.10. The number of halogens is 1. The van der Waals surface area contributed by atoms with Gasteiger partial charge in [0.05, 0.1) is 6.10 Å². The van der Waals surface area contributed by atoms with E-state index in [1.807, 2.05) is 11.1 Å². The van der Waals surface area contributed by atoms with E-state index in [4.69, 9.17) is 9.47 Å². The smallest absolute Gasteiger partial charge is 0.408 e. The minimum Gasteiger partial charge on any atom is -0.444 e. The van der Waals surface area contributed by atoms with Crippen LogP contribution in [0.3, 0.4) is 0 Å². The number of carbonyl (C=O) groups is 2. The number of likely N-dealkylation sites (tertiary alicyclic amines) is 1. The highest BCUT2D eigenvalue weighted by Crippen LogP contribution is 2.30. The van der Waals surface area contributed by atoms with Crippen LogP contribution in [-0.2, 0) is 20.7 Å². The molecule has 2 aromatic rings. The Morgan fingerprint density at radius 3 is 2.72 bits per heavy atom. The monoisotopic (exact) mass is 447 g/mol. The molecule has 1 saturated heterocycles. The van der Waals surface area contributed by atoms with Crippen molar-refractivity contribution in [1.29, 1.82) is 0 Å². The van der Waals surface area contributed by atoms with Crippen molar-refractivity contribution in [1.82, 2.24) is 15.2 Å². The number of nitrogens with one attached hydrogen (secondary N) is 2. The third-order valence-corrected chi connectivity index (χ3v) is 6.10. The van der Waals surface area contributed by atoms with Crippen molar-refractivity contribution >= 4 is 22.9 Å². The molecule has 1 fully saturated rings. The summed E-state index contributed by atoms with van der Waals surface area (Å²) in [7, 11) is 1.51. The molecule has 7 nitrogen and oxygen atoms in total. The summed E-state index contributed by atoms with van der Waals surface area (Å²) in [6, 6.07) is 3.78. The molecule has 2 N–H and O–H groups in total. The average Bonchev–Trinajstić information content (AvgIpc) is 3.27. The minimum atomic E-state index is -0.861. The maximum Gasteiger partial charge on any atom is 0.408 e.